The van der Waals surface area contributed by atoms with Crippen molar-refractivity contribution in [3.63, 3.8) is 0 Å². The summed E-state index contributed by atoms with van der Waals surface area (Å²) in [6, 6.07) is 18.4. The number of rotatable bonds is 4. The second kappa shape index (κ2) is 8.66. The number of hydrogen-bond donors (Lipinski definition) is 0. The van der Waals surface area contributed by atoms with Crippen LogP contribution in [0.4, 0.5) is 9.18 Å². The smallest absolute Gasteiger partial charge is 0.410 e. The monoisotopic (exact) mass is 414 g/mol. The summed E-state index contributed by atoms with van der Waals surface area (Å²) in [6.45, 7) is 0.449. The highest BCUT2D eigenvalue weighted by Gasteiger charge is 2.34. The van der Waals surface area contributed by atoms with Gasteiger partial charge >= 0.3 is 6.09 Å². The van der Waals surface area contributed by atoms with Gasteiger partial charge in [0.25, 0.3) is 0 Å². The quantitative estimate of drug-likeness (QED) is 0.563. The lowest BCUT2D eigenvalue weighted by Gasteiger charge is -2.34. The molecule has 4 rings (SSSR count). The summed E-state index contributed by atoms with van der Waals surface area (Å²) >= 11 is 5.99. The van der Waals surface area contributed by atoms with E-state index in [1.54, 1.807) is 12.1 Å². The first-order chi connectivity index (χ1) is 14.1. The van der Waals surface area contributed by atoms with Gasteiger partial charge in [0.05, 0.1) is 6.54 Å². The summed E-state index contributed by atoms with van der Waals surface area (Å²) in [5.41, 5.74) is 1.48. The molecular formula is C22H20ClFN2O3. The number of likely N-dealkylation sites (tertiary alicyclic amines) is 1. The van der Waals surface area contributed by atoms with E-state index in [-0.39, 0.29) is 13.2 Å². The van der Waals surface area contributed by atoms with Gasteiger partial charge in [-0.05, 0) is 23.8 Å². The van der Waals surface area contributed by atoms with E-state index in [1.165, 1.54) is 4.90 Å². The number of aromatic nitrogens is 1. The predicted octanol–water partition coefficient (Wildman–Crippen LogP) is 5.02. The lowest BCUT2D eigenvalue weighted by molar-refractivity contribution is 0.0153. The largest absolute Gasteiger partial charge is 0.485 e. The van der Waals surface area contributed by atoms with Gasteiger partial charge in [-0.1, -0.05) is 54.1 Å². The molecular weight excluding hydrogens is 395 g/mol. The number of benzene rings is 2. The molecule has 2 heterocycles. The molecule has 0 N–H and O–H groups in total. The van der Waals surface area contributed by atoms with Crippen molar-refractivity contribution in [2.24, 2.45) is 0 Å². The van der Waals surface area contributed by atoms with Crippen molar-refractivity contribution >= 4 is 28.6 Å². The van der Waals surface area contributed by atoms with Gasteiger partial charge in [0, 0.05) is 18.4 Å². The molecule has 1 aliphatic heterocycles. The van der Waals surface area contributed by atoms with E-state index in [0.29, 0.717) is 29.4 Å². The Hall–Kier alpha value is -2.86. The number of ether oxygens (including phenoxy) is 2. The number of fused-ring (bicyclic) bond motifs is 1. The number of pyridine rings is 1. The van der Waals surface area contributed by atoms with Gasteiger partial charge < -0.3 is 14.4 Å². The number of para-hydroxylation sites is 1. The first-order valence-corrected chi connectivity index (χ1v) is 9.79. The molecule has 0 bridgehead atoms. The zero-order chi connectivity index (χ0) is 20.2. The van der Waals surface area contributed by atoms with Gasteiger partial charge in [0.1, 0.15) is 29.1 Å². The Bertz CT molecular complexity index is 1000. The summed E-state index contributed by atoms with van der Waals surface area (Å²) in [4.78, 5) is 17.9. The summed E-state index contributed by atoms with van der Waals surface area (Å²) in [5.74, 6) is 0.484. The van der Waals surface area contributed by atoms with E-state index in [4.69, 9.17) is 21.1 Å². The van der Waals surface area contributed by atoms with E-state index in [9.17, 15) is 9.18 Å². The third-order valence-electron chi connectivity index (χ3n) is 4.87. The molecule has 0 unspecified atom stereocenters. The van der Waals surface area contributed by atoms with Crippen molar-refractivity contribution in [1.82, 2.24) is 9.88 Å². The van der Waals surface area contributed by atoms with Crippen LogP contribution < -0.4 is 4.74 Å². The summed E-state index contributed by atoms with van der Waals surface area (Å²) in [6.07, 6.45) is -2.16. The maximum atomic E-state index is 14.8. The van der Waals surface area contributed by atoms with Crippen LogP contribution in [0.5, 0.6) is 5.75 Å². The lowest BCUT2D eigenvalue weighted by atomic mass is 10.1. The van der Waals surface area contributed by atoms with Crippen molar-refractivity contribution in [2.75, 3.05) is 13.1 Å². The molecule has 3 aromatic rings. The van der Waals surface area contributed by atoms with Crippen LogP contribution in [0, 0.1) is 0 Å². The standard InChI is InChI=1S/C22H20ClFN2O3/c23-20-10-9-16-7-4-8-19(21(16)25-20)29-18-11-12-26(13-17(18)24)22(27)28-14-15-5-2-1-3-6-15/h1-10,17-18H,11-14H2/t17-,18-/m0/s1. The first kappa shape index (κ1) is 19.5. The average molecular weight is 415 g/mol. The van der Waals surface area contributed by atoms with Gasteiger partial charge in [-0.3, -0.25) is 0 Å². The van der Waals surface area contributed by atoms with Gasteiger partial charge in [-0.25, -0.2) is 14.2 Å². The van der Waals surface area contributed by atoms with Gasteiger partial charge in [-0.2, -0.15) is 0 Å². The molecule has 29 heavy (non-hydrogen) atoms. The molecule has 0 spiro atoms. The Labute approximate surface area is 173 Å². The molecule has 5 nitrogen and oxygen atoms in total. The molecule has 2 aromatic carbocycles. The minimum Gasteiger partial charge on any atom is -0.485 e. The highest BCUT2D eigenvalue weighted by atomic mass is 35.5. The summed E-state index contributed by atoms with van der Waals surface area (Å²) in [5, 5.41) is 1.21. The van der Waals surface area contributed by atoms with Crippen molar-refractivity contribution in [3.8, 4) is 5.75 Å². The second-order valence-corrected chi connectivity index (χ2v) is 7.30. The third kappa shape index (κ3) is 4.59. The van der Waals surface area contributed by atoms with Crippen LogP contribution in [0.25, 0.3) is 10.9 Å². The van der Waals surface area contributed by atoms with Crippen LogP contribution in [0.3, 0.4) is 0 Å². The van der Waals surface area contributed by atoms with Crippen LogP contribution in [0.1, 0.15) is 12.0 Å². The zero-order valence-electron chi connectivity index (χ0n) is 15.6. The van der Waals surface area contributed by atoms with Crippen LogP contribution in [0.15, 0.2) is 60.7 Å². The topological polar surface area (TPSA) is 51.7 Å². The minimum absolute atomic E-state index is 0.0722. The molecule has 1 amide bonds. The van der Waals surface area contributed by atoms with Gasteiger partial charge in [0.2, 0.25) is 0 Å². The number of nitrogens with zero attached hydrogens (tertiary/aromatic N) is 2. The van der Waals surface area contributed by atoms with Crippen LogP contribution >= 0.6 is 11.6 Å². The fraction of sp³-hybridized carbons (Fsp3) is 0.273. The van der Waals surface area contributed by atoms with E-state index >= 15 is 0 Å². The molecule has 0 saturated carbocycles. The summed E-state index contributed by atoms with van der Waals surface area (Å²) in [7, 11) is 0. The molecule has 0 aliphatic carbocycles. The Kier molecular flexibility index (Phi) is 5.81. The number of carbonyl (C=O) groups excluding carboxylic acids is 1. The molecule has 1 fully saturated rings. The molecule has 7 heteroatoms. The third-order valence-corrected chi connectivity index (χ3v) is 5.08. The van der Waals surface area contributed by atoms with E-state index < -0.39 is 18.4 Å². The Morgan fingerprint density at radius 1 is 1.14 bits per heavy atom. The highest BCUT2D eigenvalue weighted by Crippen LogP contribution is 2.29. The highest BCUT2D eigenvalue weighted by molar-refractivity contribution is 6.29. The lowest BCUT2D eigenvalue weighted by Crippen LogP contribution is -2.49. The minimum atomic E-state index is -1.33. The van der Waals surface area contributed by atoms with Gasteiger partial charge in [0.15, 0.2) is 6.17 Å². The number of hydrogen-bond acceptors (Lipinski definition) is 4. The number of amides is 1. The second-order valence-electron chi connectivity index (χ2n) is 6.91. The first-order valence-electron chi connectivity index (χ1n) is 9.42. The molecule has 1 aliphatic rings. The van der Waals surface area contributed by atoms with E-state index in [2.05, 4.69) is 4.98 Å². The number of alkyl halides is 1. The molecule has 0 radical (unpaired) electrons. The molecule has 1 saturated heterocycles. The molecule has 150 valence electrons. The fourth-order valence-electron chi connectivity index (χ4n) is 3.35. The van der Waals surface area contributed by atoms with E-state index in [0.717, 1.165) is 10.9 Å². The zero-order valence-corrected chi connectivity index (χ0v) is 16.4. The number of carbonyl (C=O) groups is 1. The van der Waals surface area contributed by atoms with E-state index in [1.807, 2.05) is 48.5 Å². The molecule has 2 atom stereocenters. The SMILES string of the molecule is O=C(OCc1ccccc1)N1CC[C@H](Oc2cccc3ccc(Cl)nc23)[C@@H](F)C1. The van der Waals surface area contributed by atoms with Crippen LogP contribution in [-0.4, -0.2) is 41.3 Å². The molecule has 1 aromatic heterocycles. The van der Waals surface area contributed by atoms with Crippen molar-refractivity contribution in [2.45, 2.75) is 25.3 Å². The van der Waals surface area contributed by atoms with Crippen LogP contribution in [0.2, 0.25) is 5.15 Å². The van der Waals surface area contributed by atoms with Crippen molar-refractivity contribution < 1.29 is 18.7 Å². The average Bonchev–Trinajstić information content (AvgIpc) is 2.74. The van der Waals surface area contributed by atoms with Crippen LogP contribution in [-0.2, 0) is 11.3 Å². The maximum absolute atomic E-state index is 14.8. The Morgan fingerprint density at radius 2 is 1.97 bits per heavy atom. The van der Waals surface area contributed by atoms with Crippen molar-refractivity contribution in [3.05, 3.63) is 71.4 Å². The Morgan fingerprint density at radius 3 is 2.76 bits per heavy atom. The van der Waals surface area contributed by atoms with Gasteiger partial charge in [-0.15, -0.1) is 0 Å². The van der Waals surface area contributed by atoms with Crippen molar-refractivity contribution in [1.29, 1.82) is 0 Å². The summed E-state index contributed by atoms with van der Waals surface area (Å²) < 4.78 is 26.0. The fourth-order valence-corrected chi connectivity index (χ4v) is 3.49. The number of halogens is 2. The normalized spacial score (nSPS) is 19.2. The maximum Gasteiger partial charge on any atom is 0.410 e. The number of piperidine rings is 1. The predicted molar refractivity (Wildman–Crippen MR) is 109 cm³/mol. The Balaban J connectivity index is 1.37.